The number of nitrogens with zero attached hydrogens (tertiary/aromatic N) is 3. The smallest absolute Gasteiger partial charge is 0.490 e. The number of carboxylic acids is 1. The summed E-state index contributed by atoms with van der Waals surface area (Å²) in [7, 11) is 3.60. The number of aromatic nitrogens is 2. The van der Waals surface area contributed by atoms with Crippen LogP contribution in [0.2, 0.25) is 0 Å². The van der Waals surface area contributed by atoms with E-state index in [4.69, 9.17) is 14.6 Å². The van der Waals surface area contributed by atoms with Crippen LogP contribution in [-0.4, -0.2) is 62.8 Å². The van der Waals surface area contributed by atoms with E-state index in [1.807, 2.05) is 36.3 Å². The van der Waals surface area contributed by atoms with E-state index in [0.717, 1.165) is 31.7 Å². The second-order valence-corrected chi connectivity index (χ2v) is 6.77. The van der Waals surface area contributed by atoms with Gasteiger partial charge in [0.05, 0.1) is 19.4 Å². The van der Waals surface area contributed by atoms with Gasteiger partial charge < -0.3 is 14.9 Å². The van der Waals surface area contributed by atoms with Crippen molar-refractivity contribution in [3.63, 3.8) is 0 Å². The lowest BCUT2D eigenvalue weighted by Gasteiger charge is -2.26. The highest BCUT2D eigenvalue weighted by atomic mass is 19.4. The highest BCUT2D eigenvalue weighted by Crippen LogP contribution is 2.24. The fourth-order valence-electron chi connectivity index (χ4n) is 3.15. The Hall–Kier alpha value is -2.59. The van der Waals surface area contributed by atoms with E-state index < -0.39 is 12.1 Å². The topological polar surface area (TPSA) is 87.8 Å². The van der Waals surface area contributed by atoms with Crippen molar-refractivity contribution in [1.29, 1.82) is 0 Å². The number of likely N-dealkylation sites (tertiary alicyclic amines) is 1. The molecule has 2 atom stereocenters. The number of carbonyl (C=O) groups is 1. The molecule has 160 valence electrons. The molecule has 3 rings (SSSR count). The number of hydrogen-bond donors (Lipinski definition) is 2. The van der Waals surface area contributed by atoms with Crippen molar-refractivity contribution in [3.05, 3.63) is 47.8 Å². The van der Waals surface area contributed by atoms with Crippen LogP contribution in [-0.2, 0) is 24.8 Å². The number of aliphatic hydroxyl groups is 1. The first-order chi connectivity index (χ1) is 13.6. The first-order valence-corrected chi connectivity index (χ1v) is 8.93. The van der Waals surface area contributed by atoms with Crippen molar-refractivity contribution in [2.75, 3.05) is 13.7 Å². The van der Waals surface area contributed by atoms with Gasteiger partial charge in [-0.05, 0) is 36.1 Å². The number of rotatable bonds is 5. The summed E-state index contributed by atoms with van der Waals surface area (Å²) in [6.45, 7) is 1.78. The molecule has 2 heterocycles. The molecule has 29 heavy (non-hydrogen) atoms. The average Bonchev–Trinajstić information content (AvgIpc) is 3.22. The maximum atomic E-state index is 10.6. The van der Waals surface area contributed by atoms with Crippen LogP contribution >= 0.6 is 0 Å². The molecule has 0 radical (unpaired) electrons. The van der Waals surface area contributed by atoms with Crippen molar-refractivity contribution < 1.29 is 32.9 Å². The van der Waals surface area contributed by atoms with Crippen LogP contribution in [0.5, 0.6) is 5.75 Å². The molecule has 1 saturated heterocycles. The first-order valence-electron chi connectivity index (χ1n) is 8.93. The Bertz CT molecular complexity index is 793. The molecule has 7 nitrogen and oxygen atoms in total. The lowest BCUT2D eigenvalue weighted by Crippen LogP contribution is -2.36. The molecule has 1 aromatic carbocycles. The lowest BCUT2D eigenvalue weighted by molar-refractivity contribution is -0.192. The summed E-state index contributed by atoms with van der Waals surface area (Å²) < 4.78 is 38.7. The third-order valence-electron chi connectivity index (χ3n) is 4.62. The summed E-state index contributed by atoms with van der Waals surface area (Å²) in [5.74, 6) is -1.88. The van der Waals surface area contributed by atoms with Gasteiger partial charge in [0.15, 0.2) is 0 Å². The zero-order chi connectivity index (χ0) is 21.6. The van der Waals surface area contributed by atoms with Crippen LogP contribution in [0.4, 0.5) is 13.2 Å². The molecule has 0 aliphatic carbocycles. The number of benzene rings is 1. The molecule has 2 N–H and O–H groups in total. The minimum Gasteiger partial charge on any atom is -0.497 e. The van der Waals surface area contributed by atoms with Gasteiger partial charge in [-0.15, -0.1) is 0 Å². The summed E-state index contributed by atoms with van der Waals surface area (Å²) in [5.41, 5.74) is 2.42. The summed E-state index contributed by atoms with van der Waals surface area (Å²) >= 11 is 0. The Morgan fingerprint density at radius 1 is 1.28 bits per heavy atom. The van der Waals surface area contributed by atoms with Gasteiger partial charge in [0.25, 0.3) is 0 Å². The minimum absolute atomic E-state index is 0.159. The van der Waals surface area contributed by atoms with Crippen molar-refractivity contribution in [3.8, 4) is 5.75 Å². The average molecular weight is 415 g/mol. The normalized spacial score (nSPS) is 19.5. The van der Waals surface area contributed by atoms with E-state index in [1.54, 1.807) is 7.11 Å². The molecule has 1 fully saturated rings. The zero-order valence-electron chi connectivity index (χ0n) is 16.1. The van der Waals surface area contributed by atoms with Crippen LogP contribution in [0.3, 0.4) is 0 Å². The number of methoxy groups -OCH3 is 1. The molecule has 2 aromatic rings. The molecule has 1 aliphatic rings. The summed E-state index contributed by atoms with van der Waals surface area (Å²) in [5, 5.41) is 21.6. The summed E-state index contributed by atoms with van der Waals surface area (Å²) in [4.78, 5) is 11.3. The highest BCUT2D eigenvalue weighted by Gasteiger charge is 2.38. The van der Waals surface area contributed by atoms with E-state index in [9.17, 15) is 18.3 Å². The van der Waals surface area contributed by atoms with Crippen LogP contribution in [0.1, 0.15) is 17.5 Å². The Morgan fingerprint density at radius 3 is 2.38 bits per heavy atom. The number of ether oxygens (including phenoxy) is 1. The Balaban J connectivity index is 0.000000370. The first kappa shape index (κ1) is 22.7. The predicted octanol–water partition coefficient (Wildman–Crippen LogP) is 2.24. The van der Waals surface area contributed by atoms with Crippen molar-refractivity contribution in [2.45, 2.75) is 37.7 Å². The maximum absolute atomic E-state index is 10.6. The van der Waals surface area contributed by atoms with E-state index in [1.165, 1.54) is 11.1 Å². The number of halogens is 3. The maximum Gasteiger partial charge on any atom is 0.490 e. The van der Waals surface area contributed by atoms with Gasteiger partial charge in [0.2, 0.25) is 0 Å². The minimum atomic E-state index is -5.08. The summed E-state index contributed by atoms with van der Waals surface area (Å²) in [6.07, 6.45) is 0.234. The van der Waals surface area contributed by atoms with Gasteiger partial charge in [0.1, 0.15) is 5.75 Å². The van der Waals surface area contributed by atoms with Crippen LogP contribution < -0.4 is 4.74 Å². The fraction of sp³-hybridized carbons (Fsp3) is 0.474. The number of aliphatic hydroxyl groups excluding tert-OH is 1. The highest BCUT2D eigenvalue weighted by molar-refractivity contribution is 5.73. The van der Waals surface area contributed by atoms with E-state index in [0.29, 0.717) is 0 Å². The van der Waals surface area contributed by atoms with Gasteiger partial charge in [-0.2, -0.15) is 18.3 Å². The SMILES string of the molecule is COc1ccc(CN2CC[C@@H](O)[C@@H]2Cc2cnn(C)c2)cc1.O=C(O)C(F)(F)F. The molecule has 1 aliphatic heterocycles. The third kappa shape index (κ3) is 6.75. The van der Waals surface area contributed by atoms with Crippen molar-refractivity contribution in [1.82, 2.24) is 14.7 Å². The quantitative estimate of drug-likeness (QED) is 0.779. The molecule has 10 heteroatoms. The van der Waals surface area contributed by atoms with Crippen molar-refractivity contribution in [2.24, 2.45) is 7.05 Å². The second kappa shape index (κ2) is 9.75. The molecule has 0 amide bonds. The van der Waals surface area contributed by atoms with Gasteiger partial charge >= 0.3 is 12.1 Å². The number of aliphatic carboxylic acids is 1. The van der Waals surface area contributed by atoms with Gasteiger partial charge in [-0.25, -0.2) is 4.79 Å². The monoisotopic (exact) mass is 415 g/mol. The molecular weight excluding hydrogens is 391 g/mol. The predicted molar refractivity (Wildman–Crippen MR) is 98.4 cm³/mol. The third-order valence-corrected chi connectivity index (χ3v) is 4.62. The van der Waals surface area contributed by atoms with Gasteiger partial charge in [0, 0.05) is 32.4 Å². The van der Waals surface area contributed by atoms with Crippen LogP contribution in [0.25, 0.3) is 0 Å². The van der Waals surface area contributed by atoms with Crippen LogP contribution in [0.15, 0.2) is 36.7 Å². The molecule has 1 aromatic heterocycles. The molecular formula is C19H24F3N3O4. The Kier molecular flexibility index (Phi) is 7.63. The van der Waals surface area contributed by atoms with E-state index >= 15 is 0 Å². The van der Waals surface area contributed by atoms with Gasteiger partial charge in [-0.3, -0.25) is 9.58 Å². The number of aryl methyl sites for hydroxylation is 1. The molecule has 0 spiro atoms. The van der Waals surface area contributed by atoms with Crippen LogP contribution in [0, 0.1) is 0 Å². The summed E-state index contributed by atoms with van der Waals surface area (Å²) in [6, 6.07) is 8.30. The zero-order valence-corrected chi connectivity index (χ0v) is 16.1. The van der Waals surface area contributed by atoms with Crippen molar-refractivity contribution >= 4 is 5.97 Å². The fourth-order valence-corrected chi connectivity index (χ4v) is 3.15. The van der Waals surface area contributed by atoms with Gasteiger partial charge in [-0.1, -0.05) is 12.1 Å². The molecule has 0 saturated carbocycles. The largest absolute Gasteiger partial charge is 0.497 e. The molecule has 0 bridgehead atoms. The van der Waals surface area contributed by atoms with E-state index in [2.05, 4.69) is 22.1 Å². The number of hydrogen-bond acceptors (Lipinski definition) is 5. The standard InChI is InChI=1S/C17H23N3O2.C2HF3O2/c1-19-11-14(10-18-19)9-16-17(21)7-8-20(16)12-13-3-5-15(22-2)6-4-13;3-2(4,5)1(6)7/h3-6,10-11,16-17,21H,7-9,12H2,1-2H3;(H,6,7)/t16-,17+;/m0./s1. The Morgan fingerprint density at radius 2 is 1.90 bits per heavy atom. The molecule has 0 unspecified atom stereocenters. The number of carboxylic acid groups (broad SMARTS) is 1. The Labute approximate surface area is 166 Å². The second-order valence-electron chi connectivity index (χ2n) is 6.77. The number of alkyl halides is 3. The lowest BCUT2D eigenvalue weighted by atomic mass is 10.0. The van der Waals surface area contributed by atoms with E-state index in [-0.39, 0.29) is 12.1 Å².